The number of aromatic nitrogens is 2. The van der Waals surface area contributed by atoms with Crippen LogP contribution in [0, 0.1) is 12.8 Å². The van der Waals surface area contributed by atoms with E-state index in [0.717, 1.165) is 17.9 Å². The highest BCUT2D eigenvalue weighted by Crippen LogP contribution is 2.14. The van der Waals surface area contributed by atoms with E-state index in [4.69, 9.17) is 0 Å². The molecule has 1 heterocycles. The van der Waals surface area contributed by atoms with Gasteiger partial charge in [-0.15, -0.1) is 0 Å². The Labute approximate surface area is 126 Å². The second-order valence-electron chi connectivity index (χ2n) is 5.79. The molecule has 21 heavy (non-hydrogen) atoms. The number of benzene rings is 1. The van der Waals surface area contributed by atoms with Gasteiger partial charge in [-0.2, -0.15) is 5.10 Å². The monoisotopic (exact) mass is 285 g/mol. The molecular weight excluding hydrogens is 262 g/mol. The van der Waals surface area contributed by atoms with Gasteiger partial charge < -0.3 is 5.32 Å². The molecule has 0 unspecified atom stereocenters. The van der Waals surface area contributed by atoms with Gasteiger partial charge in [-0.3, -0.25) is 4.79 Å². The molecule has 2 rings (SSSR count). The van der Waals surface area contributed by atoms with Crippen LogP contribution in [-0.4, -0.2) is 15.7 Å². The van der Waals surface area contributed by atoms with Gasteiger partial charge in [-0.25, -0.2) is 4.68 Å². The first-order chi connectivity index (χ1) is 10.0. The van der Waals surface area contributed by atoms with Gasteiger partial charge in [-0.1, -0.05) is 44.2 Å². The summed E-state index contributed by atoms with van der Waals surface area (Å²) in [5, 5.41) is 7.42. The summed E-state index contributed by atoms with van der Waals surface area (Å²) in [6.45, 7) is 6.84. The zero-order chi connectivity index (χ0) is 15.2. The van der Waals surface area contributed by atoms with Gasteiger partial charge in [0.15, 0.2) is 0 Å². The lowest BCUT2D eigenvalue weighted by Gasteiger charge is -2.10. The van der Waals surface area contributed by atoms with Crippen LogP contribution in [0.5, 0.6) is 0 Å². The maximum absolute atomic E-state index is 12.0. The Morgan fingerprint density at radius 3 is 2.67 bits per heavy atom. The Morgan fingerprint density at radius 1 is 1.29 bits per heavy atom. The second kappa shape index (κ2) is 7.07. The highest BCUT2D eigenvalue weighted by Gasteiger charge is 2.10. The molecule has 0 saturated carbocycles. The van der Waals surface area contributed by atoms with Crippen LogP contribution in [0.2, 0.25) is 0 Å². The lowest BCUT2D eigenvalue weighted by molar-refractivity contribution is -0.116. The molecule has 1 amide bonds. The summed E-state index contributed by atoms with van der Waals surface area (Å²) >= 11 is 0. The topological polar surface area (TPSA) is 46.9 Å². The van der Waals surface area contributed by atoms with Crippen molar-refractivity contribution in [2.75, 3.05) is 5.32 Å². The highest BCUT2D eigenvalue weighted by molar-refractivity contribution is 5.89. The lowest BCUT2D eigenvalue weighted by Crippen LogP contribution is -2.16. The minimum absolute atomic E-state index is 0.0536. The maximum Gasteiger partial charge on any atom is 0.225 e. The van der Waals surface area contributed by atoms with Crippen LogP contribution in [0.25, 0.3) is 0 Å². The van der Waals surface area contributed by atoms with Crippen LogP contribution in [0.4, 0.5) is 5.82 Å². The number of rotatable bonds is 6. The van der Waals surface area contributed by atoms with E-state index in [1.54, 1.807) is 0 Å². The summed E-state index contributed by atoms with van der Waals surface area (Å²) in [4.78, 5) is 12.0. The van der Waals surface area contributed by atoms with E-state index in [0.29, 0.717) is 18.9 Å². The van der Waals surface area contributed by atoms with Crippen LogP contribution >= 0.6 is 0 Å². The standard InChI is InChI=1S/C17H23N3O/c1-13(2)9-10-17(21)18-16-11-14(3)19-20(16)12-15-7-5-4-6-8-15/h4-8,11,13H,9-10,12H2,1-3H3,(H,18,21). The number of carbonyl (C=O) groups excluding carboxylic acids is 1. The summed E-state index contributed by atoms with van der Waals surface area (Å²) < 4.78 is 1.85. The fourth-order valence-corrected chi connectivity index (χ4v) is 2.15. The number of hydrogen-bond donors (Lipinski definition) is 1. The van der Waals surface area contributed by atoms with Gasteiger partial charge in [0.05, 0.1) is 12.2 Å². The summed E-state index contributed by atoms with van der Waals surface area (Å²) in [6.07, 6.45) is 1.45. The Balaban J connectivity index is 2.05. The number of hydrogen-bond acceptors (Lipinski definition) is 2. The van der Waals surface area contributed by atoms with Crippen molar-refractivity contribution in [2.45, 2.75) is 40.2 Å². The van der Waals surface area contributed by atoms with Crippen LogP contribution in [-0.2, 0) is 11.3 Å². The molecule has 0 fully saturated rings. The number of carbonyl (C=O) groups is 1. The smallest absolute Gasteiger partial charge is 0.225 e. The molecule has 0 aliphatic carbocycles. The third-order valence-corrected chi connectivity index (χ3v) is 3.29. The molecule has 112 valence electrons. The summed E-state index contributed by atoms with van der Waals surface area (Å²) in [7, 11) is 0. The van der Waals surface area contributed by atoms with Crippen LogP contribution in [0.15, 0.2) is 36.4 Å². The van der Waals surface area contributed by atoms with Crippen molar-refractivity contribution in [2.24, 2.45) is 5.92 Å². The van der Waals surface area contributed by atoms with Crippen LogP contribution in [0.3, 0.4) is 0 Å². The third-order valence-electron chi connectivity index (χ3n) is 3.29. The predicted molar refractivity (Wildman–Crippen MR) is 85.2 cm³/mol. The van der Waals surface area contributed by atoms with Gasteiger partial charge >= 0.3 is 0 Å². The van der Waals surface area contributed by atoms with Gasteiger partial charge in [0, 0.05) is 12.5 Å². The molecule has 0 bridgehead atoms. The van der Waals surface area contributed by atoms with E-state index in [2.05, 4.69) is 36.4 Å². The third kappa shape index (κ3) is 4.74. The number of nitrogens with one attached hydrogen (secondary N) is 1. The molecule has 2 aromatic rings. The molecular formula is C17H23N3O. The van der Waals surface area contributed by atoms with Crippen molar-refractivity contribution >= 4 is 11.7 Å². The summed E-state index contributed by atoms with van der Waals surface area (Å²) in [5.74, 6) is 1.36. The first-order valence-corrected chi connectivity index (χ1v) is 7.43. The largest absolute Gasteiger partial charge is 0.311 e. The minimum atomic E-state index is 0.0536. The number of aryl methyl sites for hydroxylation is 1. The van der Waals surface area contributed by atoms with Crippen molar-refractivity contribution in [3.8, 4) is 0 Å². The first-order valence-electron chi connectivity index (χ1n) is 7.43. The average molecular weight is 285 g/mol. The lowest BCUT2D eigenvalue weighted by atomic mass is 10.1. The van der Waals surface area contributed by atoms with E-state index < -0.39 is 0 Å². The Kier molecular flexibility index (Phi) is 5.14. The fraction of sp³-hybridized carbons (Fsp3) is 0.412. The van der Waals surface area contributed by atoms with Gasteiger partial charge in [0.2, 0.25) is 5.91 Å². The molecule has 1 N–H and O–H groups in total. The normalized spacial score (nSPS) is 10.9. The highest BCUT2D eigenvalue weighted by atomic mass is 16.1. The van der Waals surface area contributed by atoms with E-state index in [1.165, 1.54) is 5.56 Å². The average Bonchev–Trinajstić information content (AvgIpc) is 2.77. The molecule has 0 spiro atoms. The first kappa shape index (κ1) is 15.3. The molecule has 0 radical (unpaired) electrons. The molecule has 4 heteroatoms. The zero-order valence-corrected chi connectivity index (χ0v) is 13.0. The van der Waals surface area contributed by atoms with E-state index in [-0.39, 0.29) is 5.91 Å². The van der Waals surface area contributed by atoms with E-state index in [9.17, 15) is 4.79 Å². The summed E-state index contributed by atoms with van der Waals surface area (Å²) in [6, 6.07) is 12.0. The second-order valence-corrected chi connectivity index (χ2v) is 5.79. The van der Waals surface area contributed by atoms with Crippen molar-refractivity contribution < 1.29 is 4.79 Å². The van der Waals surface area contributed by atoms with Gasteiger partial charge in [0.1, 0.15) is 5.82 Å². The Morgan fingerprint density at radius 2 is 2.00 bits per heavy atom. The van der Waals surface area contributed by atoms with Crippen molar-refractivity contribution in [3.63, 3.8) is 0 Å². The Hall–Kier alpha value is -2.10. The zero-order valence-electron chi connectivity index (χ0n) is 13.0. The van der Waals surface area contributed by atoms with Gasteiger partial charge in [0.25, 0.3) is 0 Å². The molecule has 1 aromatic carbocycles. The molecule has 1 aromatic heterocycles. The molecule has 0 aliphatic rings. The van der Waals surface area contributed by atoms with E-state index in [1.807, 2.05) is 35.9 Å². The van der Waals surface area contributed by atoms with Crippen LogP contribution in [0.1, 0.15) is 37.9 Å². The molecule has 0 saturated heterocycles. The number of amides is 1. The number of anilines is 1. The van der Waals surface area contributed by atoms with Gasteiger partial charge in [-0.05, 0) is 24.8 Å². The van der Waals surface area contributed by atoms with Crippen molar-refractivity contribution in [3.05, 3.63) is 47.7 Å². The van der Waals surface area contributed by atoms with Crippen molar-refractivity contribution in [1.82, 2.24) is 9.78 Å². The molecule has 4 nitrogen and oxygen atoms in total. The predicted octanol–water partition coefficient (Wildman–Crippen LogP) is 3.61. The maximum atomic E-state index is 12.0. The molecule has 0 aliphatic heterocycles. The quantitative estimate of drug-likeness (QED) is 0.881. The number of nitrogens with zero attached hydrogens (tertiary/aromatic N) is 2. The summed E-state index contributed by atoms with van der Waals surface area (Å²) in [5.41, 5.74) is 2.07. The van der Waals surface area contributed by atoms with E-state index >= 15 is 0 Å². The Bertz CT molecular complexity index is 587. The minimum Gasteiger partial charge on any atom is -0.311 e. The SMILES string of the molecule is Cc1cc(NC(=O)CCC(C)C)n(Cc2ccccc2)n1. The molecule has 0 atom stereocenters. The van der Waals surface area contributed by atoms with Crippen molar-refractivity contribution in [1.29, 1.82) is 0 Å². The fourth-order valence-electron chi connectivity index (χ4n) is 2.15. The van der Waals surface area contributed by atoms with Crippen LogP contribution < -0.4 is 5.32 Å².